The van der Waals surface area contributed by atoms with Gasteiger partial charge in [-0.25, -0.2) is 9.18 Å². The van der Waals surface area contributed by atoms with Crippen LogP contribution in [0, 0.1) is 5.82 Å². The molecule has 116 valence electrons. The zero-order valence-corrected chi connectivity index (χ0v) is 12.0. The third-order valence-corrected chi connectivity index (χ3v) is 3.62. The summed E-state index contributed by atoms with van der Waals surface area (Å²) in [6.45, 7) is 2.15. The molecule has 0 radical (unpaired) electrons. The molecule has 1 aliphatic heterocycles. The monoisotopic (exact) mass is 295 g/mol. The number of aliphatic hydroxyl groups excluding tert-OH is 1. The molecule has 0 unspecified atom stereocenters. The predicted octanol–water partition coefficient (Wildman–Crippen LogP) is 1.48. The van der Waals surface area contributed by atoms with Crippen molar-refractivity contribution in [2.75, 3.05) is 31.1 Å². The second kappa shape index (κ2) is 7.83. The molecule has 1 heterocycles. The number of nitrogens with one attached hydrogen (secondary N) is 2. The number of urea groups is 1. The van der Waals surface area contributed by atoms with Gasteiger partial charge in [0.05, 0.1) is 0 Å². The van der Waals surface area contributed by atoms with Gasteiger partial charge in [-0.15, -0.1) is 0 Å². The third kappa shape index (κ3) is 4.90. The predicted molar refractivity (Wildman–Crippen MR) is 79.9 cm³/mol. The standard InChI is InChI=1S/C15H22FN3O2/c16-12-3-1-4-14(11-12)19-8-5-13(6-9-19)18-15(21)17-7-2-10-20/h1,3-4,11,13,20H,2,5-10H2,(H2,17,18,21). The molecule has 2 rings (SSSR count). The highest BCUT2D eigenvalue weighted by Gasteiger charge is 2.20. The van der Waals surface area contributed by atoms with Crippen LogP contribution in [0.25, 0.3) is 0 Å². The quantitative estimate of drug-likeness (QED) is 0.721. The number of aliphatic hydroxyl groups is 1. The van der Waals surface area contributed by atoms with Crippen LogP contribution in [0.15, 0.2) is 24.3 Å². The van der Waals surface area contributed by atoms with E-state index < -0.39 is 0 Å². The van der Waals surface area contributed by atoms with Gasteiger partial charge in [0.1, 0.15) is 5.82 Å². The van der Waals surface area contributed by atoms with Crippen molar-refractivity contribution in [2.24, 2.45) is 0 Å². The summed E-state index contributed by atoms with van der Waals surface area (Å²) in [5.41, 5.74) is 0.890. The van der Waals surface area contributed by atoms with Crippen molar-refractivity contribution in [1.29, 1.82) is 0 Å². The lowest BCUT2D eigenvalue weighted by Crippen LogP contribution is -2.48. The van der Waals surface area contributed by atoms with E-state index in [0.717, 1.165) is 31.6 Å². The van der Waals surface area contributed by atoms with Gasteiger partial charge in [-0.3, -0.25) is 0 Å². The summed E-state index contributed by atoms with van der Waals surface area (Å²) in [5, 5.41) is 14.3. The Hall–Kier alpha value is -1.82. The molecule has 0 saturated carbocycles. The number of benzene rings is 1. The van der Waals surface area contributed by atoms with E-state index in [-0.39, 0.29) is 24.5 Å². The van der Waals surface area contributed by atoms with E-state index in [1.54, 1.807) is 6.07 Å². The highest BCUT2D eigenvalue weighted by molar-refractivity contribution is 5.74. The van der Waals surface area contributed by atoms with Crippen LogP contribution in [0.2, 0.25) is 0 Å². The second-order valence-electron chi connectivity index (χ2n) is 5.22. The van der Waals surface area contributed by atoms with Gasteiger partial charge < -0.3 is 20.6 Å². The second-order valence-corrected chi connectivity index (χ2v) is 5.22. The minimum absolute atomic E-state index is 0.0757. The van der Waals surface area contributed by atoms with E-state index in [1.807, 2.05) is 6.07 Å². The summed E-state index contributed by atoms with van der Waals surface area (Å²) >= 11 is 0. The van der Waals surface area contributed by atoms with Crippen LogP contribution in [0.1, 0.15) is 19.3 Å². The number of amides is 2. The fourth-order valence-corrected chi connectivity index (χ4v) is 2.47. The normalized spacial score (nSPS) is 15.8. The third-order valence-electron chi connectivity index (χ3n) is 3.62. The largest absolute Gasteiger partial charge is 0.396 e. The van der Waals surface area contributed by atoms with Gasteiger partial charge in [0.15, 0.2) is 0 Å². The minimum Gasteiger partial charge on any atom is -0.396 e. The Kier molecular flexibility index (Phi) is 5.80. The maximum Gasteiger partial charge on any atom is 0.315 e. The molecule has 3 N–H and O–H groups in total. The molecule has 2 amide bonds. The lowest BCUT2D eigenvalue weighted by molar-refractivity contribution is 0.232. The number of nitrogens with zero attached hydrogens (tertiary/aromatic N) is 1. The van der Waals surface area contributed by atoms with Crippen molar-refractivity contribution in [3.05, 3.63) is 30.1 Å². The van der Waals surface area contributed by atoms with Crippen LogP contribution in [-0.2, 0) is 0 Å². The van der Waals surface area contributed by atoms with Gasteiger partial charge in [0.25, 0.3) is 0 Å². The molecule has 1 aromatic rings. The van der Waals surface area contributed by atoms with E-state index in [2.05, 4.69) is 15.5 Å². The van der Waals surface area contributed by atoms with Crippen molar-refractivity contribution in [3.63, 3.8) is 0 Å². The minimum atomic E-state index is -0.226. The lowest BCUT2D eigenvalue weighted by atomic mass is 10.0. The molecule has 1 aromatic carbocycles. The Balaban J connectivity index is 1.74. The molecule has 0 atom stereocenters. The summed E-state index contributed by atoms with van der Waals surface area (Å²) in [6.07, 6.45) is 2.24. The van der Waals surface area contributed by atoms with Crippen LogP contribution in [0.5, 0.6) is 0 Å². The average Bonchev–Trinajstić information content (AvgIpc) is 2.48. The Morgan fingerprint density at radius 3 is 2.81 bits per heavy atom. The Morgan fingerprint density at radius 2 is 2.14 bits per heavy atom. The molecule has 0 spiro atoms. The van der Waals surface area contributed by atoms with Crippen LogP contribution in [-0.4, -0.2) is 43.4 Å². The molecule has 0 aliphatic carbocycles. The highest BCUT2D eigenvalue weighted by Crippen LogP contribution is 2.20. The van der Waals surface area contributed by atoms with Crippen LogP contribution in [0.3, 0.4) is 0 Å². The summed E-state index contributed by atoms with van der Waals surface area (Å²) in [5.74, 6) is -0.226. The Labute approximate surface area is 124 Å². The molecular formula is C15H22FN3O2. The van der Waals surface area contributed by atoms with Crippen LogP contribution in [0.4, 0.5) is 14.9 Å². The van der Waals surface area contributed by atoms with E-state index >= 15 is 0 Å². The number of anilines is 1. The van der Waals surface area contributed by atoms with Crippen molar-refractivity contribution in [3.8, 4) is 0 Å². The van der Waals surface area contributed by atoms with Crippen molar-refractivity contribution in [2.45, 2.75) is 25.3 Å². The van der Waals surface area contributed by atoms with Crippen LogP contribution < -0.4 is 15.5 Å². The van der Waals surface area contributed by atoms with E-state index in [4.69, 9.17) is 5.11 Å². The number of halogens is 1. The lowest BCUT2D eigenvalue weighted by Gasteiger charge is -2.34. The first-order valence-corrected chi connectivity index (χ1v) is 7.35. The van der Waals surface area contributed by atoms with E-state index in [9.17, 15) is 9.18 Å². The molecule has 0 aromatic heterocycles. The first-order chi connectivity index (χ1) is 10.2. The average molecular weight is 295 g/mol. The number of carbonyl (C=O) groups excluding carboxylic acids is 1. The number of hydrogen-bond acceptors (Lipinski definition) is 3. The maximum absolute atomic E-state index is 13.2. The van der Waals surface area contributed by atoms with Crippen molar-refractivity contribution < 1.29 is 14.3 Å². The summed E-state index contributed by atoms with van der Waals surface area (Å²) < 4.78 is 13.2. The summed E-state index contributed by atoms with van der Waals surface area (Å²) in [4.78, 5) is 13.7. The Bertz CT molecular complexity index is 462. The fourth-order valence-electron chi connectivity index (χ4n) is 2.47. The molecule has 1 saturated heterocycles. The van der Waals surface area contributed by atoms with Crippen molar-refractivity contribution in [1.82, 2.24) is 10.6 Å². The smallest absolute Gasteiger partial charge is 0.315 e. The molecule has 6 heteroatoms. The van der Waals surface area contributed by atoms with E-state index in [0.29, 0.717) is 13.0 Å². The van der Waals surface area contributed by atoms with Gasteiger partial charge in [-0.2, -0.15) is 0 Å². The zero-order chi connectivity index (χ0) is 15.1. The maximum atomic E-state index is 13.2. The van der Waals surface area contributed by atoms with Crippen molar-refractivity contribution >= 4 is 11.7 Å². The first-order valence-electron chi connectivity index (χ1n) is 7.35. The first kappa shape index (κ1) is 15.6. The molecule has 1 fully saturated rings. The molecule has 21 heavy (non-hydrogen) atoms. The number of piperidine rings is 1. The number of rotatable bonds is 5. The van der Waals surface area contributed by atoms with E-state index in [1.165, 1.54) is 12.1 Å². The fraction of sp³-hybridized carbons (Fsp3) is 0.533. The highest BCUT2D eigenvalue weighted by atomic mass is 19.1. The van der Waals surface area contributed by atoms with Gasteiger partial charge >= 0.3 is 6.03 Å². The molecule has 1 aliphatic rings. The van der Waals surface area contributed by atoms with Gasteiger partial charge in [-0.1, -0.05) is 6.07 Å². The Morgan fingerprint density at radius 1 is 1.38 bits per heavy atom. The SMILES string of the molecule is O=C(NCCCO)NC1CCN(c2cccc(F)c2)CC1. The summed E-state index contributed by atoms with van der Waals surface area (Å²) in [7, 11) is 0. The molecule has 5 nitrogen and oxygen atoms in total. The summed E-state index contributed by atoms with van der Waals surface area (Å²) in [6, 6.07) is 6.54. The number of hydrogen-bond donors (Lipinski definition) is 3. The van der Waals surface area contributed by atoms with Crippen LogP contribution >= 0.6 is 0 Å². The van der Waals surface area contributed by atoms with Gasteiger partial charge in [-0.05, 0) is 37.5 Å². The topological polar surface area (TPSA) is 64.6 Å². The molecule has 0 bridgehead atoms. The molecular weight excluding hydrogens is 273 g/mol. The zero-order valence-electron chi connectivity index (χ0n) is 12.0. The van der Waals surface area contributed by atoms with Gasteiger partial charge in [0.2, 0.25) is 0 Å². The van der Waals surface area contributed by atoms with Gasteiger partial charge in [0, 0.05) is 38.0 Å². The number of carbonyl (C=O) groups is 1.